The first-order valence-corrected chi connectivity index (χ1v) is 15.2. The molecule has 6 nitrogen and oxygen atoms in total. The maximum absolute atomic E-state index is 11.8. The Hall–Kier alpha value is -3.58. The summed E-state index contributed by atoms with van der Waals surface area (Å²) in [4.78, 5) is 11.8. The van der Waals surface area contributed by atoms with Gasteiger partial charge in [-0.1, -0.05) is 35.9 Å². The highest BCUT2D eigenvalue weighted by atomic mass is 32.2. The lowest BCUT2D eigenvalue weighted by atomic mass is 9.94. The zero-order valence-corrected chi connectivity index (χ0v) is 23.6. The van der Waals surface area contributed by atoms with E-state index in [0.29, 0.717) is 32.0 Å². The molecule has 2 aliphatic carbocycles. The lowest BCUT2D eigenvalue weighted by Crippen LogP contribution is -2.08. The Kier molecular flexibility index (Phi) is 7.54. The van der Waals surface area contributed by atoms with Gasteiger partial charge in [0.25, 0.3) is 0 Å². The van der Waals surface area contributed by atoms with Gasteiger partial charge >= 0.3 is 5.97 Å². The molecule has 0 spiro atoms. The minimum atomic E-state index is -2.98. The second-order valence-corrected chi connectivity index (χ2v) is 12.8. The molecule has 0 saturated carbocycles. The summed E-state index contributed by atoms with van der Waals surface area (Å²) < 4.78 is 39.6. The predicted molar refractivity (Wildman–Crippen MR) is 152 cm³/mol. The van der Waals surface area contributed by atoms with Crippen LogP contribution in [0.4, 0.5) is 0 Å². The molecular weight excluding hydrogens is 512 g/mol. The molecule has 2 aliphatic rings. The number of allylic oxidation sites excluding steroid dienone is 2. The number of carbonyl (C=O) groups is 1. The summed E-state index contributed by atoms with van der Waals surface area (Å²) in [6.07, 6.45) is 4.32. The fourth-order valence-corrected chi connectivity index (χ4v) is 6.23. The second-order valence-electron chi connectivity index (χ2n) is 10.5. The van der Waals surface area contributed by atoms with E-state index < -0.39 is 9.84 Å². The summed E-state index contributed by atoms with van der Waals surface area (Å²) >= 11 is 0. The highest BCUT2D eigenvalue weighted by Crippen LogP contribution is 2.58. The van der Waals surface area contributed by atoms with E-state index in [1.54, 1.807) is 0 Å². The molecule has 0 fully saturated rings. The molecule has 0 saturated heterocycles. The van der Waals surface area contributed by atoms with E-state index in [0.717, 1.165) is 39.3 Å². The molecule has 0 heterocycles. The Morgan fingerprint density at radius 3 is 2.41 bits per heavy atom. The number of ether oxygens (including phenoxy) is 3. The van der Waals surface area contributed by atoms with Crippen LogP contribution in [0.25, 0.3) is 11.1 Å². The van der Waals surface area contributed by atoms with Gasteiger partial charge in [-0.15, -0.1) is 0 Å². The number of rotatable bonds is 11. The number of hydrogen-bond donors (Lipinski definition) is 0. The van der Waals surface area contributed by atoms with Crippen LogP contribution in [0.5, 0.6) is 11.5 Å². The number of aryl methyl sites for hydroxylation is 2. The van der Waals surface area contributed by atoms with Crippen LogP contribution in [0, 0.1) is 13.8 Å². The molecule has 3 aromatic rings. The minimum absolute atomic E-state index is 0.123. The van der Waals surface area contributed by atoms with Crippen LogP contribution in [0.2, 0.25) is 0 Å². The van der Waals surface area contributed by atoms with Crippen LogP contribution in [-0.2, 0) is 26.0 Å². The van der Waals surface area contributed by atoms with Gasteiger partial charge in [0, 0.05) is 18.1 Å². The van der Waals surface area contributed by atoms with Gasteiger partial charge in [0.2, 0.25) is 0 Å². The number of sulfone groups is 1. The summed E-state index contributed by atoms with van der Waals surface area (Å²) in [6.45, 7) is 4.94. The van der Waals surface area contributed by atoms with Gasteiger partial charge in [-0.05, 0) is 89.5 Å². The fraction of sp³-hybridized carbons (Fsp3) is 0.344. The molecule has 2 atom stereocenters. The van der Waals surface area contributed by atoms with Crippen molar-refractivity contribution in [2.24, 2.45) is 0 Å². The highest BCUT2D eigenvalue weighted by Gasteiger charge is 2.43. The molecule has 0 amide bonds. The molecule has 0 aromatic heterocycles. The summed E-state index contributed by atoms with van der Waals surface area (Å²) in [7, 11) is -1.55. The summed E-state index contributed by atoms with van der Waals surface area (Å²) in [6, 6.07) is 18.5. The van der Waals surface area contributed by atoms with E-state index in [-0.39, 0.29) is 17.6 Å². The van der Waals surface area contributed by atoms with Gasteiger partial charge in [-0.2, -0.15) is 0 Å². The molecule has 5 rings (SSSR count). The van der Waals surface area contributed by atoms with E-state index in [1.165, 1.54) is 30.1 Å². The zero-order chi connectivity index (χ0) is 27.7. The molecule has 39 heavy (non-hydrogen) atoms. The predicted octanol–water partition coefficient (Wildman–Crippen LogP) is 6.05. The van der Waals surface area contributed by atoms with Gasteiger partial charge in [0.05, 0.1) is 25.9 Å². The topological polar surface area (TPSA) is 78.9 Å². The van der Waals surface area contributed by atoms with E-state index in [9.17, 15) is 13.2 Å². The van der Waals surface area contributed by atoms with Crippen molar-refractivity contribution < 1.29 is 27.4 Å². The number of hydrogen-bond acceptors (Lipinski definition) is 6. The molecule has 3 aromatic carbocycles. The first-order chi connectivity index (χ1) is 18.6. The third kappa shape index (κ3) is 6.19. The number of methoxy groups -OCH3 is 1. The van der Waals surface area contributed by atoms with Crippen LogP contribution < -0.4 is 9.47 Å². The van der Waals surface area contributed by atoms with Crippen LogP contribution in [0.15, 0.2) is 66.2 Å². The van der Waals surface area contributed by atoms with Crippen molar-refractivity contribution in [1.82, 2.24) is 0 Å². The number of benzene rings is 3. The molecule has 7 heteroatoms. The smallest absolute Gasteiger partial charge is 0.306 e. The molecule has 204 valence electrons. The van der Waals surface area contributed by atoms with Crippen LogP contribution in [0.1, 0.15) is 52.5 Å². The second kappa shape index (κ2) is 10.9. The van der Waals surface area contributed by atoms with Crippen LogP contribution >= 0.6 is 0 Å². The van der Waals surface area contributed by atoms with Crippen molar-refractivity contribution in [2.75, 3.05) is 25.7 Å². The van der Waals surface area contributed by atoms with Crippen molar-refractivity contribution >= 4 is 15.8 Å². The van der Waals surface area contributed by atoms with E-state index in [2.05, 4.69) is 50.3 Å². The van der Waals surface area contributed by atoms with Gasteiger partial charge < -0.3 is 14.2 Å². The van der Waals surface area contributed by atoms with Gasteiger partial charge in [0.1, 0.15) is 27.9 Å². The van der Waals surface area contributed by atoms with Gasteiger partial charge in [-0.3, -0.25) is 4.79 Å². The SMILES string of the molecule is COC(=O)CC1C2=CC2c2cc(OCc3cccc(-c4c(C)cc(OCCCS(C)(=O)=O)cc4C)c3)ccc21. The maximum atomic E-state index is 11.8. The van der Waals surface area contributed by atoms with Gasteiger partial charge in [0.15, 0.2) is 0 Å². The standard InChI is InChI=1S/C32H34O6S/c1-20-13-25(37-11-6-12-39(4,34)35)14-21(2)32(20)23-8-5-7-22(15-23)19-38-24-9-10-26-27(16-24)28-17-29(28)30(26)18-31(33)36-3/h5,7-10,13-17,28,30H,6,11-12,18-19H2,1-4H3. The Labute approximate surface area is 230 Å². The first kappa shape index (κ1) is 27.0. The van der Waals surface area contributed by atoms with E-state index in [4.69, 9.17) is 14.2 Å². The third-order valence-corrected chi connectivity index (χ3v) is 8.46. The van der Waals surface area contributed by atoms with E-state index >= 15 is 0 Å². The Balaban J connectivity index is 1.24. The average Bonchev–Trinajstić information content (AvgIpc) is 3.63. The van der Waals surface area contributed by atoms with Crippen LogP contribution in [0.3, 0.4) is 0 Å². The Bertz CT molecular complexity index is 1530. The van der Waals surface area contributed by atoms with E-state index in [1.807, 2.05) is 24.3 Å². The maximum Gasteiger partial charge on any atom is 0.306 e. The third-order valence-electron chi connectivity index (χ3n) is 7.43. The monoisotopic (exact) mass is 546 g/mol. The summed E-state index contributed by atoms with van der Waals surface area (Å²) in [5.74, 6) is 1.97. The Morgan fingerprint density at radius 2 is 1.69 bits per heavy atom. The van der Waals surface area contributed by atoms with Gasteiger partial charge in [-0.25, -0.2) is 8.42 Å². The number of esters is 1. The average molecular weight is 547 g/mol. The largest absolute Gasteiger partial charge is 0.494 e. The number of fused-ring (bicyclic) bond motifs is 3. The molecule has 0 bridgehead atoms. The van der Waals surface area contributed by atoms with Crippen LogP contribution in [-0.4, -0.2) is 40.1 Å². The molecule has 0 N–H and O–H groups in total. The molecule has 0 aliphatic heterocycles. The summed E-state index contributed by atoms with van der Waals surface area (Å²) in [5, 5.41) is 0. The highest BCUT2D eigenvalue weighted by molar-refractivity contribution is 7.90. The normalized spacial score (nSPS) is 17.2. The number of carbonyl (C=O) groups excluding carboxylic acids is 1. The fourth-order valence-electron chi connectivity index (χ4n) is 5.59. The van der Waals surface area contributed by atoms with Crippen molar-refractivity contribution in [1.29, 1.82) is 0 Å². The van der Waals surface area contributed by atoms with Crippen molar-refractivity contribution in [3.63, 3.8) is 0 Å². The lowest BCUT2D eigenvalue weighted by Gasteiger charge is -2.15. The minimum Gasteiger partial charge on any atom is -0.494 e. The lowest BCUT2D eigenvalue weighted by molar-refractivity contribution is -0.140. The first-order valence-electron chi connectivity index (χ1n) is 13.2. The molecule has 0 radical (unpaired) electrons. The van der Waals surface area contributed by atoms with Crippen molar-refractivity contribution in [3.8, 4) is 22.6 Å². The summed E-state index contributed by atoms with van der Waals surface area (Å²) in [5.41, 5.74) is 9.28. The quantitative estimate of drug-likeness (QED) is 0.166. The molecule has 2 unspecified atom stereocenters. The van der Waals surface area contributed by atoms with Crippen molar-refractivity contribution in [2.45, 2.75) is 45.1 Å². The Morgan fingerprint density at radius 1 is 0.923 bits per heavy atom. The van der Waals surface area contributed by atoms with Crippen molar-refractivity contribution in [3.05, 3.63) is 94.1 Å². The zero-order valence-electron chi connectivity index (χ0n) is 22.8. The molecular formula is C32H34O6S.